The summed E-state index contributed by atoms with van der Waals surface area (Å²) in [6.45, 7) is 9.18. The Morgan fingerprint density at radius 1 is 1.30 bits per heavy atom. The molecular weight excluding hydrogens is 296 g/mol. The molecule has 0 aliphatic rings. The topological polar surface area (TPSA) is 81.4 Å². The van der Waals surface area contributed by atoms with E-state index in [0.717, 1.165) is 12.0 Å². The average Bonchev–Trinajstić information content (AvgIpc) is 2.72. The summed E-state index contributed by atoms with van der Waals surface area (Å²) in [5, 5.41) is 9.34. The SMILES string of the molecule is CCc1ccc(C(=O)O)c2nc(C)n(CC(=O)OC(C)(C)C)c12. The summed E-state index contributed by atoms with van der Waals surface area (Å²) >= 11 is 0. The van der Waals surface area contributed by atoms with E-state index in [9.17, 15) is 14.7 Å². The van der Waals surface area contributed by atoms with Gasteiger partial charge in [0.05, 0.1) is 11.1 Å². The predicted molar refractivity (Wildman–Crippen MR) is 86.7 cm³/mol. The van der Waals surface area contributed by atoms with Gasteiger partial charge in [0.2, 0.25) is 0 Å². The number of aryl methyl sites for hydroxylation is 2. The van der Waals surface area contributed by atoms with E-state index in [1.807, 2.05) is 27.7 Å². The molecule has 0 spiro atoms. The van der Waals surface area contributed by atoms with Crippen LogP contribution in [0.5, 0.6) is 0 Å². The average molecular weight is 318 g/mol. The molecule has 0 radical (unpaired) electrons. The molecule has 0 amide bonds. The molecule has 1 N–H and O–H groups in total. The third-order valence-electron chi connectivity index (χ3n) is 3.49. The first-order chi connectivity index (χ1) is 10.6. The Hall–Kier alpha value is -2.37. The Balaban J connectivity index is 2.56. The Morgan fingerprint density at radius 2 is 1.96 bits per heavy atom. The monoisotopic (exact) mass is 318 g/mol. The summed E-state index contributed by atoms with van der Waals surface area (Å²) in [4.78, 5) is 27.9. The van der Waals surface area contributed by atoms with Crippen molar-refractivity contribution in [2.24, 2.45) is 0 Å². The van der Waals surface area contributed by atoms with Crippen molar-refractivity contribution < 1.29 is 19.4 Å². The zero-order valence-electron chi connectivity index (χ0n) is 14.1. The highest BCUT2D eigenvalue weighted by Crippen LogP contribution is 2.25. The van der Waals surface area contributed by atoms with Gasteiger partial charge in [-0.2, -0.15) is 0 Å². The van der Waals surface area contributed by atoms with Gasteiger partial charge in [0.25, 0.3) is 0 Å². The molecule has 23 heavy (non-hydrogen) atoms. The number of carbonyl (C=O) groups excluding carboxylic acids is 1. The lowest BCUT2D eigenvalue weighted by Crippen LogP contribution is -2.26. The molecule has 2 aromatic rings. The Morgan fingerprint density at radius 3 is 2.48 bits per heavy atom. The predicted octanol–water partition coefficient (Wildman–Crippen LogP) is 2.95. The maximum absolute atomic E-state index is 12.2. The maximum atomic E-state index is 12.2. The second-order valence-electron chi connectivity index (χ2n) is 6.46. The van der Waals surface area contributed by atoms with E-state index >= 15 is 0 Å². The lowest BCUT2D eigenvalue weighted by molar-refractivity contribution is -0.155. The molecule has 0 atom stereocenters. The third kappa shape index (κ3) is 3.52. The van der Waals surface area contributed by atoms with E-state index in [2.05, 4.69) is 4.98 Å². The number of aromatic nitrogens is 2. The van der Waals surface area contributed by atoms with Crippen LogP contribution in [0, 0.1) is 6.92 Å². The van der Waals surface area contributed by atoms with Crippen LogP contribution in [-0.2, 0) is 22.5 Å². The number of hydrogen-bond donors (Lipinski definition) is 1. The largest absolute Gasteiger partial charge is 0.478 e. The zero-order chi connectivity index (χ0) is 17.4. The standard InChI is InChI=1S/C17H22N2O4/c1-6-11-7-8-12(16(21)22)14-15(11)19(10(2)18-14)9-13(20)23-17(3,4)5/h7-8H,6,9H2,1-5H3,(H,21,22). The number of carbonyl (C=O) groups is 2. The van der Waals surface area contributed by atoms with E-state index in [-0.39, 0.29) is 18.1 Å². The molecule has 0 fully saturated rings. The number of nitrogens with zero attached hydrogens (tertiary/aromatic N) is 2. The van der Waals surface area contributed by atoms with Gasteiger partial charge in [-0.1, -0.05) is 13.0 Å². The Bertz CT molecular complexity index is 769. The first kappa shape index (κ1) is 17.0. The summed E-state index contributed by atoms with van der Waals surface area (Å²) in [5.74, 6) is -0.809. The van der Waals surface area contributed by atoms with Crippen molar-refractivity contribution in [1.82, 2.24) is 9.55 Å². The molecule has 0 unspecified atom stereocenters. The number of aromatic carboxylic acids is 1. The smallest absolute Gasteiger partial charge is 0.337 e. The quantitative estimate of drug-likeness (QED) is 0.877. The lowest BCUT2D eigenvalue weighted by atomic mass is 10.1. The van der Waals surface area contributed by atoms with Crippen molar-refractivity contribution in [2.45, 2.75) is 53.2 Å². The van der Waals surface area contributed by atoms with Crippen LogP contribution in [0.1, 0.15) is 49.4 Å². The summed E-state index contributed by atoms with van der Waals surface area (Å²) in [6, 6.07) is 3.34. The first-order valence-electron chi connectivity index (χ1n) is 7.58. The van der Waals surface area contributed by atoms with Crippen molar-refractivity contribution in [3.63, 3.8) is 0 Å². The van der Waals surface area contributed by atoms with Crippen LogP contribution in [0.25, 0.3) is 11.0 Å². The molecule has 124 valence electrons. The minimum absolute atomic E-state index is 0.00960. The lowest BCUT2D eigenvalue weighted by Gasteiger charge is -2.20. The highest BCUT2D eigenvalue weighted by molar-refractivity contribution is 6.02. The molecular formula is C17H22N2O4. The number of esters is 1. The molecule has 6 nitrogen and oxygen atoms in total. The number of carboxylic acid groups (broad SMARTS) is 1. The number of hydrogen-bond acceptors (Lipinski definition) is 4. The van der Waals surface area contributed by atoms with Crippen molar-refractivity contribution >= 4 is 23.0 Å². The van der Waals surface area contributed by atoms with Crippen molar-refractivity contribution in [2.75, 3.05) is 0 Å². The fraction of sp³-hybridized carbons (Fsp3) is 0.471. The maximum Gasteiger partial charge on any atom is 0.337 e. The van der Waals surface area contributed by atoms with Crippen LogP contribution in [-0.4, -0.2) is 32.2 Å². The van der Waals surface area contributed by atoms with Crippen LogP contribution in [0.15, 0.2) is 12.1 Å². The van der Waals surface area contributed by atoms with E-state index in [4.69, 9.17) is 4.74 Å². The van der Waals surface area contributed by atoms with E-state index < -0.39 is 11.6 Å². The minimum Gasteiger partial charge on any atom is -0.478 e. The molecule has 6 heteroatoms. The number of fused-ring (bicyclic) bond motifs is 1. The third-order valence-corrected chi connectivity index (χ3v) is 3.49. The van der Waals surface area contributed by atoms with Crippen LogP contribution in [0.4, 0.5) is 0 Å². The summed E-state index contributed by atoms with van der Waals surface area (Å²) < 4.78 is 7.09. The summed E-state index contributed by atoms with van der Waals surface area (Å²) in [7, 11) is 0. The number of carboxylic acids is 1. The molecule has 1 aromatic carbocycles. The molecule has 1 heterocycles. The van der Waals surface area contributed by atoms with E-state index in [1.165, 1.54) is 0 Å². The van der Waals surface area contributed by atoms with Gasteiger partial charge in [-0.05, 0) is 45.7 Å². The van der Waals surface area contributed by atoms with Gasteiger partial charge in [-0.25, -0.2) is 9.78 Å². The van der Waals surface area contributed by atoms with Crippen molar-refractivity contribution in [3.8, 4) is 0 Å². The first-order valence-corrected chi connectivity index (χ1v) is 7.58. The molecule has 0 bridgehead atoms. The molecule has 0 aliphatic carbocycles. The van der Waals surface area contributed by atoms with Gasteiger partial charge in [0.15, 0.2) is 0 Å². The van der Waals surface area contributed by atoms with Crippen LogP contribution in [0.3, 0.4) is 0 Å². The van der Waals surface area contributed by atoms with Gasteiger partial charge in [0, 0.05) is 0 Å². The molecule has 0 saturated heterocycles. The normalized spacial score (nSPS) is 11.7. The number of ether oxygens (including phenoxy) is 1. The zero-order valence-corrected chi connectivity index (χ0v) is 14.1. The van der Waals surface area contributed by atoms with Gasteiger partial charge in [-0.15, -0.1) is 0 Å². The van der Waals surface area contributed by atoms with Crippen molar-refractivity contribution in [1.29, 1.82) is 0 Å². The number of imidazole rings is 1. The molecule has 2 rings (SSSR count). The van der Waals surface area contributed by atoms with Gasteiger partial charge >= 0.3 is 11.9 Å². The molecule has 1 aromatic heterocycles. The Labute approximate surface area is 135 Å². The molecule has 0 saturated carbocycles. The highest BCUT2D eigenvalue weighted by Gasteiger charge is 2.22. The van der Waals surface area contributed by atoms with Crippen LogP contribution in [0.2, 0.25) is 0 Å². The Kier molecular flexibility index (Phi) is 4.45. The van der Waals surface area contributed by atoms with Crippen LogP contribution < -0.4 is 0 Å². The fourth-order valence-corrected chi connectivity index (χ4v) is 2.57. The molecule has 0 aliphatic heterocycles. The second-order valence-corrected chi connectivity index (χ2v) is 6.46. The van der Waals surface area contributed by atoms with Crippen LogP contribution >= 0.6 is 0 Å². The highest BCUT2D eigenvalue weighted by atomic mass is 16.6. The van der Waals surface area contributed by atoms with Gasteiger partial charge in [-0.3, -0.25) is 4.79 Å². The summed E-state index contributed by atoms with van der Waals surface area (Å²) in [6.07, 6.45) is 0.718. The van der Waals surface area contributed by atoms with Crippen molar-refractivity contribution in [3.05, 3.63) is 29.1 Å². The summed E-state index contributed by atoms with van der Waals surface area (Å²) in [5.41, 5.74) is 1.63. The number of rotatable bonds is 4. The van der Waals surface area contributed by atoms with Gasteiger partial charge in [0.1, 0.15) is 23.5 Å². The van der Waals surface area contributed by atoms with E-state index in [0.29, 0.717) is 16.9 Å². The second kappa shape index (κ2) is 6.02. The fourth-order valence-electron chi connectivity index (χ4n) is 2.57. The number of benzene rings is 1. The van der Waals surface area contributed by atoms with Gasteiger partial charge < -0.3 is 14.4 Å². The minimum atomic E-state index is -1.03. The van der Waals surface area contributed by atoms with E-state index in [1.54, 1.807) is 23.6 Å².